The van der Waals surface area contributed by atoms with Crippen LogP contribution in [0.2, 0.25) is 0 Å². The SMILES string of the molecule is CC1(C(=O)Nc2ccc(F)cc2)CCCCC1=O. The third kappa shape index (κ3) is 2.42. The van der Waals surface area contributed by atoms with Gasteiger partial charge in [-0.2, -0.15) is 0 Å². The number of carbonyl (C=O) groups excluding carboxylic acids is 2. The van der Waals surface area contributed by atoms with Crippen molar-refractivity contribution in [2.45, 2.75) is 32.6 Å². The van der Waals surface area contributed by atoms with Crippen LogP contribution in [0.1, 0.15) is 32.6 Å². The number of halogens is 1. The van der Waals surface area contributed by atoms with E-state index in [4.69, 9.17) is 0 Å². The van der Waals surface area contributed by atoms with Crippen LogP contribution in [-0.2, 0) is 9.59 Å². The summed E-state index contributed by atoms with van der Waals surface area (Å²) in [4.78, 5) is 24.0. The van der Waals surface area contributed by atoms with Crippen molar-refractivity contribution in [1.82, 2.24) is 0 Å². The monoisotopic (exact) mass is 249 g/mol. The summed E-state index contributed by atoms with van der Waals surface area (Å²) >= 11 is 0. The van der Waals surface area contributed by atoms with Gasteiger partial charge in [-0.15, -0.1) is 0 Å². The van der Waals surface area contributed by atoms with Crippen molar-refractivity contribution in [1.29, 1.82) is 0 Å². The lowest BCUT2D eigenvalue weighted by molar-refractivity contribution is -0.140. The lowest BCUT2D eigenvalue weighted by Gasteiger charge is -2.30. The van der Waals surface area contributed by atoms with E-state index in [1.807, 2.05) is 0 Å². The smallest absolute Gasteiger partial charge is 0.237 e. The van der Waals surface area contributed by atoms with Crippen molar-refractivity contribution < 1.29 is 14.0 Å². The lowest BCUT2D eigenvalue weighted by atomic mass is 9.74. The summed E-state index contributed by atoms with van der Waals surface area (Å²) in [5.74, 6) is -0.653. The molecule has 2 rings (SSSR count). The van der Waals surface area contributed by atoms with Crippen molar-refractivity contribution in [3.8, 4) is 0 Å². The van der Waals surface area contributed by atoms with Gasteiger partial charge in [0.05, 0.1) is 0 Å². The average molecular weight is 249 g/mol. The van der Waals surface area contributed by atoms with Gasteiger partial charge in [0.15, 0.2) is 0 Å². The Kier molecular flexibility index (Phi) is 3.45. The normalized spacial score (nSPS) is 23.8. The van der Waals surface area contributed by atoms with Gasteiger partial charge < -0.3 is 5.32 Å². The number of anilines is 1. The fourth-order valence-corrected chi connectivity index (χ4v) is 2.22. The molecule has 0 bridgehead atoms. The van der Waals surface area contributed by atoms with Crippen LogP contribution in [0.25, 0.3) is 0 Å². The summed E-state index contributed by atoms with van der Waals surface area (Å²) in [6, 6.07) is 5.54. The van der Waals surface area contributed by atoms with Crippen LogP contribution < -0.4 is 5.32 Å². The number of benzene rings is 1. The molecule has 1 saturated carbocycles. The first-order valence-electron chi connectivity index (χ1n) is 6.13. The van der Waals surface area contributed by atoms with E-state index in [0.29, 0.717) is 18.5 Å². The predicted molar refractivity (Wildman–Crippen MR) is 66.6 cm³/mol. The van der Waals surface area contributed by atoms with Gasteiger partial charge in [0, 0.05) is 12.1 Å². The quantitative estimate of drug-likeness (QED) is 0.819. The van der Waals surface area contributed by atoms with Crippen LogP contribution in [0.15, 0.2) is 24.3 Å². The molecular formula is C14H16FNO2. The molecule has 0 saturated heterocycles. The van der Waals surface area contributed by atoms with Gasteiger partial charge in [0.25, 0.3) is 0 Å². The van der Waals surface area contributed by atoms with E-state index in [1.165, 1.54) is 24.3 Å². The molecule has 0 heterocycles. The Bertz CT molecular complexity index is 469. The highest BCUT2D eigenvalue weighted by Crippen LogP contribution is 2.33. The number of hydrogen-bond donors (Lipinski definition) is 1. The molecule has 1 aliphatic carbocycles. The van der Waals surface area contributed by atoms with Gasteiger partial charge in [-0.25, -0.2) is 4.39 Å². The van der Waals surface area contributed by atoms with Crippen LogP contribution in [0.4, 0.5) is 10.1 Å². The highest BCUT2D eigenvalue weighted by Gasteiger charge is 2.41. The average Bonchev–Trinajstić information content (AvgIpc) is 2.36. The van der Waals surface area contributed by atoms with Gasteiger partial charge in [0.1, 0.15) is 17.0 Å². The van der Waals surface area contributed by atoms with Gasteiger partial charge in [0.2, 0.25) is 5.91 Å². The Morgan fingerprint density at radius 1 is 1.28 bits per heavy atom. The predicted octanol–water partition coefficient (Wildman–Crippen LogP) is 2.91. The second-order valence-electron chi connectivity index (χ2n) is 4.92. The summed E-state index contributed by atoms with van der Waals surface area (Å²) in [5, 5.41) is 2.68. The Morgan fingerprint density at radius 2 is 1.94 bits per heavy atom. The summed E-state index contributed by atoms with van der Waals surface area (Å²) in [5.41, 5.74) is -0.423. The van der Waals surface area contributed by atoms with Crippen LogP contribution in [0.5, 0.6) is 0 Å². The first-order chi connectivity index (χ1) is 8.52. The molecule has 4 heteroatoms. The van der Waals surface area contributed by atoms with Gasteiger partial charge in [-0.05, 0) is 44.0 Å². The fourth-order valence-electron chi connectivity index (χ4n) is 2.22. The molecule has 3 nitrogen and oxygen atoms in total. The summed E-state index contributed by atoms with van der Waals surface area (Å²) in [7, 11) is 0. The minimum atomic E-state index is -0.938. The third-order valence-corrected chi connectivity index (χ3v) is 3.55. The standard InChI is InChI=1S/C14H16FNO2/c1-14(9-3-2-4-12(14)17)13(18)16-11-7-5-10(15)6-8-11/h5-8H,2-4,9H2,1H3,(H,16,18). The van der Waals surface area contributed by atoms with E-state index in [9.17, 15) is 14.0 Å². The maximum Gasteiger partial charge on any atom is 0.237 e. The molecule has 96 valence electrons. The highest BCUT2D eigenvalue weighted by molar-refractivity contribution is 6.11. The maximum absolute atomic E-state index is 12.7. The second-order valence-corrected chi connectivity index (χ2v) is 4.92. The highest BCUT2D eigenvalue weighted by atomic mass is 19.1. The van der Waals surface area contributed by atoms with Crippen LogP contribution in [0, 0.1) is 11.2 Å². The number of amides is 1. The molecule has 18 heavy (non-hydrogen) atoms. The van der Waals surface area contributed by atoms with Crippen LogP contribution in [-0.4, -0.2) is 11.7 Å². The van der Waals surface area contributed by atoms with Gasteiger partial charge in [-0.3, -0.25) is 9.59 Å². The fraction of sp³-hybridized carbons (Fsp3) is 0.429. The number of hydrogen-bond acceptors (Lipinski definition) is 2. The molecule has 1 fully saturated rings. The molecule has 1 unspecified atom stereocenters. The number of carbonyl (C=O) groups is 2. The zero-order chi connectivity index (χ0) is 13.2. The summed E-state index contributed by atoms with van der Waals surface area (Å²) in [6.45, 7) is 1.69. The molecule has 0 spiro atoms. The number of nitrogens with one attached hydrogen (secondary N) is 1. The summed E-state index contributed by atoms with van der Waals surface area (Å²) in [6.07, 6.45) is 2.80. The Hall–Kier alpha value is -1.71. The largest absolute Gasteiger partial charge is 0.325 e. The zero-order valence-electron chi connectivity index (χ0n) is 10.3. The van der Waals surface area contributed by atoms with E-state index < -0.39 is 5.41 Å². The Labute approximate surface area is 105 Å². The van der Waals surface area contributed by atoms with Gasteiger partial charge >= 0.3 is 0 Å². The number of Topliss-reactive ketones (excluding diaryl/α,β-unsaturated/α-hetero) is 1. The summed E-state index contributed by atoms with van der Waals surface area (Å²) < 4.78 is 12.7. The molecule has 1 amide bonds. The maximum atomic E-state index is 12.7. The molecule has 1 aromatic carbocycles. The first-order valence-corrected chi connectivity index (χ1v) is 6.13. The zero-order valence-corrected chi connectivity index (χ0v) is 10.3. The van der Waals surface area contributed by atoms with E-state index in [1.54, 1.807) is 6.92 Å². The molecular weight excluding hydrogens is 233 g/mol. The first kappa shape index (κ1) is 12.7. The molecule has 0 aromatic heterocycles. The molecule has 0 aliphatic heterocycles. The van der Waals surface area contributed by atoms with Crippen molar-refractivity contribution in [3.05, 3.63) is 30.1 Å². The minimum absolute atomic E-state index is 0.00615. The second kappa shape index (κ2) is 4.88. The number of ketones is 1. The van der Waals surface area contributed by atoms with E-state index in [2.05, 4.69) is 5.32 Å². The van der Waals surface area contributed by atoms with Crippen molar-refractivity contribution in [2.75, 3.05) is 5.32 Å². The third-order valence-electron chi connectivity index (χ3n) is 3.55. The van der Waals surface area contributed by atoms with Crippen LogP contribution >= 0.6 is 0 Å². The number of rotatable bonds is 2. The lowest BCUT2D eigenvalue weighted by Crippen LogP contribution is -2.42. The molecule has 1 atom stereocenters. The van der Waals surface area contributed by atoms with E-state index in [0.717, 1.165) is 12.8 Å². The van der Waals surface area contributed by atoms with Crippen molar-refractivity contribution in [2.24, 2.45) is 5.41 Å². The van der Waals surface area contributed by atoms with Crippen molar-refractivity contribution >= 4 is 17.4 Å². The Morgan fingerprint density at radius 3 is 2.56 bits per heavy atom. The van der Waals surface area contributed by atoms with E-state index >= 15 is 0 Å². The van der Waals surface area contributed by atoms with Gasteiger partial charge in [-0.1, -0.05) is 6.42 Å². The topological polar surface area (TPSA) is 46.2 Å². The van der Waals surface area contributed by atoms with Crippen LogP contribution in [0.3, 0.4) is 0 Å². The molecule has 1 aliphatic rings. The molecule has 1 aromatic rings. The molecule has 1 N–H and O–H groups in total. The minimum Gasteiger partial charge on any atom is -0.325 e. The van der Waals surface area contributed by atoms with E-state index in [-0.39, 0.29) is 17.5 Å². The Balaban J connectivity index is 2.11. The van der Waals surface area contributed by atoms with Crippen molar-refractivity contribution in [3.63, 3.8) is 0 Å². The molecule has 0 radical (unpaired) electrons.